The lowest BCUT2D eigenvalue weighted by molar-refractivity contribution is 0.607. The molecule has 2 N–H and O–H groups in total. The van der Waals surface area contributed by atoms with Crippen molar-refractivity contribution in [3.8, 4) is 6.07 Å². The fraction of sp³-hybridized carbons (Fsp3) is 0.350. The van der Waals surface area contributed by atoms with Gasteiger partial charge >= 0.3 is 0 Å². The van der Waals surface area contributed by atoms with Gasteiger partial charge in [-0.1, -0.05) is 0 Å². The fourth-order valence-electron chi connectivity index (χ4n) is 3.12. The maximum Gasteiger partial charge on any atom is 0.191 e. The summed E-state index contributed by atoms with van der Waals surface area (Å²) in [4.78, 5) is 10.5. The third kappa shape index (κ3) is 4.74. The molecule has 2 heterocycles. The number of benzene rings is 1. The van der Waals surface area contributed by atoms with Gasteiger partial charge in [-0.3, -0.25) is 0 Å². The van der Waals surface area contributed by atoms with Crippen molar-refractivity contribution in [2.75, 3.05) is 24.5 Å². The minimum Gasteiger partial charge on any atom is -0.357 e. The summed E-state index contributed by atoms with van der Waals surface area (Å²) in [7, 11) is 0. The molecule has 1 aromatic carbocycles. The van der Waals surface area contributed by atoms with Crippen molar-refractivity contribution in [3.63, 3.8) is 0 Å². The predicted molar refractivity (Wildman–Crippen MR) is 104 cm³/mol. The highest BCUT2D eigenvalue weighted by molar-refractivity contribution is 5.80. The van der Waals surface area contributed by atoms with E-state index in [1.807, 2.05) is 17.9 Å². The van der Waals surface area contributed by atoms with E-state index in [1.165, 1.54) is 24.3 Å². The molecule has 1 aliphatic rings. The zero-order chi connectivity index (χ0) is 19.9. The van der Waals surface area contributed by atoms with Gasteiger partial charge in [0.1, 0.15) is 5.82 Å². The van der Waals surface area contributed by atoms with Gasteiger partial charge in [-0.2, -0.15) is 5.26 Å². The molecule has 6 nitrogen and oxygen atoms in total. The summed E-state index contributed by atoms with van der Waals surface area (Å²) < 4.78 is 27.9. The summed E-state index contributed by atoms with van der Waals surface area (Å²) in [6.45, 7) is 3.98. The van der Waals surface area contributed by atoms with Crippen LogP contribution in [0, 0.1) is 23.0 Å². The van der Waals surface area contributed by atoms with Crippen LogP contribution in [-0.2, 0) is 6.54 Å². The lowest BCUT2D eigenvalue weighted by Gasteiger charge is -2.20. The van der Waals surface area contributed by atoms with Crippen LogP contribution in [0.1, 0.15) is 24.5 Å². The Hall–Kier alpha value is -3.21. The molecule has 0 saturated carbocycles. The molecule has 1 aliphatic heterocycles. The molecule has 3 rings (SSSR count). The lowest BCUT2D eigenvalue weighted by Crippen LogP contribution is -2.44. The molecule has 8 heteroatoms. The molecule has 28 heavy (non-hydrogen) atoms. The van der Waals surface area contributed by atoms with Crippen molar-refractivity contribution >= 4 is 11.8 Å². The highest BCUT2D eigenvalue weighted by Crippen LogP contribution is 2.20. The number of hydrogen-bond acceptors (Lipinski definition) is 4. The van der Waals surface area contributed by atoms with Crippen molar-refractivity contribution in [1.29, 1.82) is 5.26 Å². The van der Waals surface area contributed by atoms with Crippen LogP contribution in [0.15, 0.2) is 41.5 Å². The number of guanidine groups is 1. The molecule has 1 atom stereocenters. The van der Waals surface area contributed by atoms with E-state index in [1.54, 1.807) is 12.3 Å². The molecule has 1 unspecified atom stereocenters. The van der Waals surface area contributed by atoms with Gasteiger partial charge in [0.25, 0.3) is 0 Å². The molecule has 1 fully saturated rings. The Bertz CT molecular complexity index is 893. The number of nitrogens with one attached hydrogen (secondary N) is 2. The largest absolute Gasteiger partial charge is 0.357 e. The van der Waals surface area contributed by atoms with E-state index in [0.29, 0.717) is 42.5 Å². The minimum absolute atomic E-state index is 0.0643. The Labute approximate surface area is 162 Å². The third-order valence-corrected chi connectivity index (χ3v) is 4.49. The first-order valence-corrected chi connectivity index (χ1v) is 9.19. The van der Waals surface area contributed by atoms with Crippen LogP contribution >= 0.6 is 0 Å². The van der Waals surface area contributed by atoms with Gasteiger partial charge in [-0.15, -0.1) is 0 Å². The van der Waals surface area contributed by atoms with E-state index in [2.05, 4.69) is 20.6 Å². The molecule has 0 bridgehead atoms. The zero-order valence-corrected chi connectivity index (χ0v) is 15.6. The van der Waals surface area contributed by atoms with Crippen molar-refractivity contribution in [3.05, 3.63) is 59.3 Å². The minimum atomic E-state index is -0.392. The number of nitrogens with zero attached hydrogens (tertiary/aromatic N) is 4. The summed E-state index contributed by atoms with van der Waals surface area (Å²) in [6.07, 6.45) is 2.38. The second kappa shape index (κ2) is 9.13. The molecular weight excluding hydrogens is 362 g/mol. The Morgan fingerprint density at radius 1 is 1.36 bits per heavy atom. The van der Waals surface area contributed by atoms with Gasteiger partial charge in [0.2, 0.25) is 0 Å². The first-order valence-electron chi connectivity index (χ1n) is 9.19. The number of nitriles is 1. The van der Waals surface area contributed by atoms with Crippen LogP contribution in [0.4, 0.5) is 14.6 Å². The van der Waals surface area contributed by atoms with Crippen LogP contribution in [0.5, 0.6) is 0 Å². The summed E-state index contributed by atoms with van der Waals surface area (Å²) in [5.74, 6) is 0.176. The van der Waals surface area contributed by atoms with Crippen molar-refractivity contribution in [2.45, 2.75) is 25.9 Å². The monoisotopic (exact) mass is 384 g/mol. The van der Waals surface area contributed by atoms with Gasteiger partial charge in [-0.25, -0.2) is 18.8 Å². The average molecular weight is 384 g/mol. The van der Waals surface area contributed by atoms with Gasteiger partial charge < -0.3 is 15.5 Å². The van der Waals surface area contributed by atoms with E-state index >= 15 is 0 Å². The number of pyridine rings is 1. The molecule has 0 aliphatic carbocycles. The van der Waals surface area contributed by atoms with Gasteiger partial charge in [-0.05, 0) is 43.7 Å². The molecule has 1 aromatic heterocycles. The standard InChI is InChI=1S/C20H22F2N6/c1-2-24-20(26-12-15-10-14(11-23)5-6-17(15)21)27-16-7-9-28(13-16)19-18(22)4-3-8-25-19/h3-6,8,10,16H,2,7,9,12-13H2,1H3,(H2,24,26,27). The number of aromatic nitrogens is 1. The second-order valence-electron chi connectivity index (χ2n) is 6.50. The average Bonchev–Trinajstić information content (AvgIpc) is 3.16. The molecule has 2 aromatic rings. The predicted octanol–water partition coefficient (Wildman–Crippen LogP) is 2.57. The summed E-state index contributed by atoms with van der Waals surface area (Å²) in [5, 5.41) is 15.4. The molecule has 0 amide bonds. The van der Waals surface area contributed by atoms with E-state index in [-0.39, 0.29) is 18.4 Å². The molecule has 146 valence electrons. The molecule has 1 saturated heterocycles. The smallest absolute Gasteiger partial charge is 0.191 e. The van der Waals surface area contributed by atoms with Crippen molar-refractivity contribution < 1.29 is 8.78 Å². The normalized spacial score (nSPS) is 16.7. The maximum absolute atomic E-state index is 14.0. The third-order valence-electron chi connectivity index (χ3n) is 4.49. The van der Waals surface area contributed by atoms with Gasteiger partial charge in [0.15, 0.2) is 17.6 Å². The summed E-state index contributed by atoms with van der Waals surface area (Å²) >= 11 is 0. The van der Waals surface area contributed by atoms with E-state index in [0.717, 1.165) is 6.42 Å². The molecular formula is C20H22F2N6. The Kier molecular flexibility index (Phi) is 6.37. The fourth-order valence-corrected chi connectivity index (χ4v) is 3.12. The topological polar surface area (TPSA) is 76.3 Å². The Morgan fingerprint density at radius 3 is 2.96 bits per heavy atom. The quantitative estimate of drug-likeness (QED) is 0.612. The first-order chi connectivity index (χ1) is 13.6. The van der Waals surface area contributed by atoms with E-state index in [9.17, 15) is 8.78 Å². The van der Waals surface area contributed by atoms with Crippen LogP contribution in [0.2, 0.25) is 0 Å². The molecule has 0 spiro atoms. The Balaban J connectivity index is 1.66. The Morgan fingerprint density at radius 2 is 2.21 bits per heavy atom. The second-order valence-corrected chi connectivity index (χ2v) is 6.50. The van der Waals surface area contributed by atoms with E-state index in [4.69, 9.17) is 5.26 Å². The van der Waals surface area contributed by atoms with Crippen LogP contribution in [0.25, 0.3) is 0 Å². The van der Waals surface area contributed by atoms with Crippen LogP contribution in [0.3, 0.4) is 0 Å². The molecule has 0 radical (unpaired) electrons. The number of anilines is 1. The van der Waals surface area contributed by atoms with Gasteiger partial charge in [0, 0.05) is 37.4 Å². The number of halogens is 2. The highest BCUT2D eigenvalue weighted by Gasteiger charge is 2.25. The lowest BCUT2D eigenvalue weighted by atomic mass is 10.1. The summed E-state index contributed by atoms with van der Waals surface area (Å²) in [6, 6.07) is 9.26. The van der Waals surface area contributed by atoms with Gasteiger partial charge in [0.05, 0.1) is 18.2 Å². The summed E-state index contributed by atoms with van der Waals surface area (Å²) in [5.41, 5.74) is 0.758. The number of aliphatic imine (C=N–C) groups is 1. The van der Waals surface area contributed by atoms with Crippen LogP contribution < -0.4 is 15.5 Å². The first kappa shape index (κ1) is 19.5. The zero-order valence-electron chi connectivity index (χ0n) is 15.6. The SMILES string of the molecule is CCNC(=NCc1cc(C#N)ccc1F)NC1CCN(c2ncccc2F)C1. The highest BCUT2D eigenvalue weighted by atomic mass is 19.1. The van der Waals surface area contributed by atoms with Crippen LogP contribution in [-0.4, -0.2) is 36.6 Å². The van der Waals surface area contributed by atoms with Crippen molar-refractivity contribution in [1.82, 2.24) is 15.6 Å². The maximum atomic E-state index is 14.0. The van der Waals surface area contributed by atoms with E-state index < -0.39 is 5.82 Å². The van der Waals surface area contributed by atoms with Crippen molar-refractivity contribution in [2.24, 2.45) is 4.99 Å². The number of hydrogen-bond donors (Lipinski definition) is 2. The number of rotatable bonds is 5.